The van der Waals surface area contributed by atoms with Crippen molar-refractivity contribution in [3.8, 4) is 27.9 Å². The Morgan fingerprint density at radius 3 is 1.73 bits per heavy atom. The van der Waals surface area contributed by atoms with Gasteiger partial charge in [0, 0.05) is 42.2 Å². The molecule has 0 saturated carbocycles. The van der Waals surface area contributed by atoms with Gasteiger partial charge in [-0.25, -0.2) is 0 Å². The predicted molar refractivity (Wildman–Crippen MR) is 237 cm³/mol. The first-order valence-corrected chi connectivity index (χ1v) is 19.6. The Hall–Kier alpha value is -6.94. The van der Waals surface area contributed by atoms with Crippen molar-refractivity contribution in [1.82, 2.24) is 4.57 Å². The van der Waals surface area contributed by atoms with Crippen LogP contribution in [0.5, 0.6) is 0 Å². The van der Waals surface area contributed by atoms with E-state index >= 15 is 0 Å². The van der Waals surface area contributed by atoms with E-state index in [0.29, 0.717) is 0 Å². The number of hydrogen-bond donors (Lipinski definition) is 0. The molecule has 0 aliphatic rings. The normalized spacial score (nSPS) is 11.6. The van der Waals surface area contributed by atoms with Crippen LogP contribution in [-0.2, 0) is 0 Å². The first-order valence-electron chi connectivity index (χ1n) is 18.8. The van der Waals surface area contributed by atoms with Gasteiger partial charge in [0.1, 0.15) is 0 Å². The Kier molecular flexibility index (Phi) is 7.39. The molecule has 2 nitrogen and oxygen atoms in total. The third kappa shape index (κ3) is 5.16. The van der Waals surface area contributed by atoms with Crippen LogP contribution in [0, 0.1) is 0 Å². The molecule has 0 radical (unpaired) electrons. The summed E-state index contributed by atoms with van der Waals surface area (Å²) in [6.07, 6.45) is 0. The van der Waals surface area contributed by atoms with Gasteiger partial charge in [-0.3, -0.25) is 0 Å². The van der Waals surface area contributed by atoms with Gasteiger partial charge in [-0.15, -0.1) is 11.3 Å². The fourth-order valence-electron chi connectivity index (χ4n) is 8.51. The van der Waals surface area contributed by atoms with E-state index in [1.807, 2.05) is 11.3 Å². The second-order valence-electron chi connectivity index (χ2n) is 14.1. The highest BCUT2D eigenvalue weighted by Gasteiger charge is 2.23. The molecule has 11 aromatic rings. The molecule has 0 fully saturated rings. The first kappa shape index (κ1) is 31.6. The van der Waals surface area contributed by atoms with Crippen LogP contribution in [0.3, 0.4) is 0 Å². The SMILES string of the molecule is c1ccc(N(c2ccc(-c3cccc4ccccc34)cc2)c2ccccc2-n2c3ccccc3c3ccccc32)c(-c2ccc3sc4ccccc4c3c2)c1. The molecular weight excluding hydrogens is 685 g/mol. The van der Waals surface area contributed by atoms with Crippen molar-refractivity contribution in [3.63, 3.8) is 0 Å². The fraction of sp³-hybridized carbons (Fsp3) is 0. The molecular formula is C52H34N2S. The summed E-state index contributed by atoms with van der Waals surface area (Å²) in [6, 6.07) is 75.3. The molecule has 0 N–H and O–H groups in total. The summed E-state index contributed by atoms with van der Waals surface area (Å²) in [7, 11) is 0. The minimum absolute atomic E-state index is 1.09. The lowest BCUT2D eigenvalue weighted by Gasteiger charge is -2.30. The van der Waals surface area contributed by atoms with E-state index in [1.54, 1.807) is 0 Å². The highest BCUT2D eigenvalue weighted by atomic mass is 32.1. The molecule has 55 heavy (non-hydrogen) atoms. The van der Waals surface area contributed by atoms with Gasteiger partial charge in [0.05, 0.1) is 28.1 Å². The largest absolute Gasteiger partial charge is 0.308 e. The number of hydrogen-bond acceptors (Lipinski definition) is 2. The van der Waals surface area contributed by atoms with E-state index in [4.69, 9.17) is 0 Å². The maximum absolute atomic E-state index is 2.46. The van der Waals surface area contributed by atoms with Crippen molar-refractivity contribution in [3.05, 3.63) is 206 Å². The Morgan fingerprint density at radius 1 is 0.364 bits per heavy atom. The van der Waals surface area contributed by atoms with Crippen LogP contribution in [0.1, 0.15) is 0 Å². The molecule has 0 saturated heterocycles. The Balaban J connectivity index is 1.15. The highest BCUT2D eigenvalue weighted by molar-refractivity contribution is 7.25. The Morgan fingerprint density at radius 2 is 0.927 bits per heavy atom. The molecule has 0 amide bonds. The van der Waals surface area contributed by atoms with Crippen LogP contribution in [-0.4, -0.2) is 4.57 Å². The van der Waals surface area contributed by atoms with Crippen LogP contribution in [0.4, 0.5) is 17.1 Å². The number of anilines is 3. The number of fused-ring (bicyclic) bond motifs is 7. The molecule has 2 heterocycles. The molecule has 0 bridgehead atoms. The second-order valence-corrected chi connectivity index (χ2v) is 15.2. The van der Waals surface area contributed by atoms with E-state index in [0.717, 1.165) is 22.7 Å². The average Bonchev–Trinajstić information content (AvgIpc) is 3.80. The van der Waals surface area contributed by atoms with Gasteiger partial charge in [-0.2, -0.15) is 0 Å². The zero-order valence-corrected chi connectivity index (χ0v) is 30.7. The third-order valence-corrected chi connectivity index (χ3v) is 12.2. The molecule has 0 atom stereocenters. The molecule has 0 aliphatic heterocycles. The smallest absolute Gasteiger partial charge is 0.0702 e. The number of aromatic nitrogens is 1. The monoisotopic (exact) mass is 718 g/mol. The molecule has 258 valence electrons. The number of benzene rings is 9. The maximum Gasteiger partial charge on any atom is 0.0702 e. The molecule has 0 aliphatic carbocycles. The van der Waals surface area contributed by atoms with Gasteiger partial charge in [0.25, 0.3) is 0 Å². The molecule has 0 unspecified atom stereocenters. The Labute approximate surface area is 323 Å². The topological polar surface area (TPSA) is 8.17 Å². The van der Waals surface area contributed by atoms with Gasteiger partial charge >= 0.3 is 0 Å². The Bertz CT molecular complexity index is 3160. The third-order valence-electron chi connectivity index (χ3n) is 11.0. The zero-order chi connectivity index (χ0) is 36.3. The molecule has 9 aromatic carbocycles. The lowest BCUT2D eigenvalue weighted by atomic mass is 9.97. The lowest BCUT2D eigenvalue weighted by Crippen LogP contribution is -2.14. The number of nitrogens with zero attached hydrogens (tertiary/aromatic N) is 2. The van der Waals surface area contributed by atoms with E-state index in [9.17, 15) is 0 Å². The first-order chi connectivity index (χ1) is 27.3. The van der Waals surface area contributed by atoms with Crippen molar-refractivity contribution in [1.29, 1.82) is 0 Å². The van der Waals surface area contributed by atoms with Gasteiger partial charge in [0.2, 0.25) is 0 Å². The lowest BCUT2D eigenvalue weighted by molar-refractivity contribution is 1.15. The van der Waals surface area contributed by atoms with Gasteiger partial charge in [-0.1, -0.05) is 146 Å². The summed E-state index contributed by atoms with van der Waals surface area (Å²) in [5.74, 6) is 0. The molecule has 0 spiro atoms. The standard InChI is InChI=1S/C52H34N2S/c1-2-16-39-35(14-1)15-13-21-40(39)36-28-31-38(32-29-36)53(46-22-7-3-17-41(46)37-30-33-52-45(34-37)44-20-6-12-27-51(44)55-52)49-25-10-11-26-50(49)54-47-23-8-4-18-42(47)43-19-5-9-24-48(43)54/h1-34H. The van der Waals surface area contributed by atoms with Crippen LogP contribution in [0.25, 0.3) is 80.7 Å². The van der Waals surface area contributed by atoms with Gasteiger partial charge in [-0.05, 0) is 88.1 Å². The number of rotatable bonds is 6. The number of para-hydroxylation sites is 5. The summed E-state index contributed by atoms with van der Waals surface area (Å²) in [5, 5.41) is 7.60. The summed E-state index contributed by atoms with van der Waals surface area (Å²) < 4.78 is 5.06. The minimum Gasteiger partial charge on any atom is -0.308 e. The zero-order valence-electron chi connectivity index (χ0n) is 29.9. The molecule has 2 aromatic heterocycles. The highest BCUT2D eigenvalue weighted by Crippen LogP contribution is 2.46. The van der Waals surface area contributed by atoms with Crippen molar-refractivity contribution >= 4 is 81.1 Å². The van der Waals surface area contributed by atoms with Crippen molar-refractivity contribution in [2.45, 2.75) is 0 Å². The van der Waals surface area contributed by atoms with Crippen molar-refractivity contribution in [2.24, 2.45) is 0 Å². The summed E-state index contributed by atoms with van der Waals surface area (Å²) in [5.41, 5.74) is 11.6. The van der Waals surface area contributed by atoms with E-state index < -0.39 is 0 Å². The predicted octanol–water partition coefficient (Wildman–Crippen LogP) is 15.1. The maximum atomic E-state index is 2.46. The average molecular weight is 719 g/mol. The van der Waals surface area contributed by atoms with Crippen molar-refractivity contribution < 1.29 is 0 Å². The summed E-state index contributed by atoms with van der Waals surface area (Å²) in [6.45, 7) is 0. The summed E-state index contributed by atoms with van der Waals surface area (Å²) >= 11 is 1.86. The van der Waals surface area contributed by atoms with E-state index in [1.165, 1.54) is 75.0 Å². The van der Waals surface area contributed by atoms with E-state index in [2.05, 4.69) is 216 Å². The number of thiophene rings is 1. The van der Waals surface area contributed by atoms with Crippen LogP contribution in [0.2, 0.25) is 0 Å². The summed E-state index contributed by atoms with van der Waals surface area (Å²) in [4.78, 5) is 2.46. The van der Waals surface area contributed by atoms with Gasteiger partial charge in [0.15, 0.2) is 0 Å². The fourth-order valence-corrected chi connectivity index (χ4v) is 9.59. The minimum atomic E-state index is 1.09. The van der Waals surface area contributed by atoms with Crippen molar-refractivity contribution in [2.75, 3.05) is 4.90 Å². The quantitative estimate of drug-likeness (QED) is 0.166. The van der Waals surface area contributed by atoms with Gasteiger partial charge < -0.3 is 9.47 Å². The molecule has 3 heteroatoms. The van der Waals surface area contributed by atoms with E-state index in [-0.39, 0.29) is 0 Å². The van der Waals surface area contributed by atoms with Crippen LogP contribution >= 0.6 is 11.3 Å². The second kappa shape index (κ2) is 12.9. The molecule has 11 rings (SSSR count). The van der Waals surface area contributed by atoms with Crippen LogP contribution < -0.4 is 4.90 Å². The van der Waals surface area contributed by atoms with Crippen LogP contribution in [0.15, 0.2) is 206 Å².